The smallest absolute Gasteiger partial charge is 0.217 e. The van der Waals surface area contributed by atoms with Crippen molar-refractivity contribution >= 4 is 5.90 Å². The lowest BCUT2D eigenvalue weighted by molar-refractivity contribution is -0.280. The number of hydrogen-bond donors (Lipinski definition) is 1. The van der Waals surface area contributed by atoms with Crippen LogP contribution in [0, 0.1) is 67.5 Å². The summed E-state index contributed by atoms with van der Waals surface area (Å²) >= 11 is 0. The molecule has 0 aromatic heterocycles. The van der Waals surface area contributed by atoms with Crippen LogP contribution >= 0.6 is 0 Å². The first-order valence-electron chi connectivity index (χ1n) is 8.11. The van der Waals surface area contributed by atoms with E-state index in [0.717, 1.165) is 0 Å². The Morgan fingerprint density at radius 3 is 2.15 bits per heavy atom. The highest BCUT2D eigenvalue weighted by Crippen LogP contribution is 2.66. The van der Waals surface area contributed by atoms with Crippen LogP contribution in [0.5, 0.6) is 0 Å². The second kappa shape index (κ2) is 5.57. The van der Waals surface area contributed by atoms with Gasteiger partial charge < -0.3 is 9.47 Å². The van der Waals surface area contributed by atoms with Crippen LogP contribution in [0.2, 0.25) is 0 Å². The van der Waals surface area contributed by atoms with Gasteiger partial charge in [-0.3, -0.25) is 5.41 Å². The van der Waals surface area contributed by atoms with Crippen LogP contribution in [-0.2, 0) is 9.47 Å². The summed E-state index contributed by atoms with van der Waals surface area (Å²) in [5.41, 5.74) is -2.80. The van der Waals surface area contributed by atoms with Crippen molar-refractivity contribution in [2.45, 2.75) is 32.2 Å². The minimum Gasteiger partial charge on any atom is -0.447 e. The summed E-state index contributed by atoms with van der Waals surface area (Å²) in [5, 5.41) is 47.2. The molecule has 4 unspecified atom stereocenters. The highest BCUT2D eigenvalue weighted by atomic mass is 16.7. The van der Waals surface area contributed by atoms with Crippen LogP contribution in [0.4, 0.5) is 0 Å². The summed E-state index contributed by atoms with van der Waals surface area (Å²) in [6.45, 7) is 3.48. The largest absolute Gasteiger partial charge is 0.447 e. The Labute approximate surface area is 151 Å². The van der Waals surface area contributed by atoms with Gasteiger partial charge in [-0.2, -0.15) is 21.0 Å². The number of ether oxygens (including phenoxy) is 2. The van der Waals surface area contributed by atoms with Crippen molar-refractivity contribution in [3.63, 3.8) is 0 Å². The molecule has 2 aliphatic rings. The van der Waals surface area contributed by atoms with Crippen LogP contribution < -0.4 is 0 Å². The predicted octanol–water partition coefficient (Wildman–Crippen LogP) is 2.92. The molecule has 2 heterocycles. The molecule has 2 aliphatic heterocycles. The number of rotatable bonds is 2. The van der Waals surface area contributed by atoms with E-state index in [1.165, 1.54) is 0 Å². The van der Waals surface area contributed by atoms with Crippen molar-refractivity contribution in [3.8, 4) is 24.3 Å². The molecule has 2 fully saturated rings. The fraction of sp³-hybridized carbons (Fsp3) is 0.421. The molecule has 0 amide bonds. The fourth-order valence-corrected chi connectivity index (χ4v) is 4.08. The van der Waals surface area contributed by atoms with Crippen molar-refractivity contribution in [1.82, 2.24) is 0 Å². The maximum Gasteiger partial charge on any atom is 0.217 e. The van der Waals surface area contributed by atoms with E-state index < -0.39 is 34.5 Å². The Kier molecular flexibility index (Phi) is 3.73. The standard InChI is InChI=1S/C19H15N5O2/c1-3-19-12(2)18(11-23,16(24)26-19)17(9-21,10-22)15(25-19)14-6-4-13(8-20)5-7-14/h4-7,12,15,24H,3H2,1-2H3. The van der Waals surface area contributed by atoms with Gasteiger partial charge in [0.25, 0.3) is 0 Å². The Morgan fingerprint density at radius 2 is 1.69 bits per heavy atom. The molecule has 3 rings (SSSR count). The Balaban J connectivity index is 2.30. The zero-order chi connectivity index (χ0) is 19.2. The molecule has 26 heavy (non-hydrogen) atoms. The first kappa shape index (κ1) is 17.4. The van der Waals surface area contributed by atoms with Gasteiger partial charge in [0, 0.05) is 6.42 Å². The first-order chi connectivity index (χ1) is 12.4. The molecule has 7 heteroatoms. The highest BCUT2D eigenvalue weighted by Gasteiger charge is 2.78. The van der Waals surface area contributed by atoms with Crippen molar-refractivity contribution in [1.29, 1.82) is 26.5 Å². The Bertz CT molecular complexity index is 929. The van der Waals surface area contributed by atoms with E-state index in [9.17, 15) is 15.8 Å². The van der Waals surface area contributed by atoms with Crippen molar-refractivity contribution in [2.75, 3.05) is 0 Å². The van der Waals surface area contributed by atoms with Crippen LogP contribution in [0.3, 0.4) is 0 Å². The van der Waals surface area contributed by atoms with Gasteiger partial charge >= 0.3 is 0 Å². The molecule has 0 aliphatic carbocycles. The minimum atomic E-state index is -1.96. The zero-order valence-electron chi connectivity index (χ0n) is 14.3. The second-order valence-corrected chi connectivity index (χ2v) is 6.50. The molecule has 2 saturated heterocycles. The normalized spacial score (nSPS) is 33.8. The number of nitrogens with one attached hydrogen (secondary N) is 1. The molecule has 7 nitrogen and oxygen atoms in total. The van der Waals surface area contributed by atoms with Gasteiger partial charge in [0.05, 0.1) is 35.8 Å². The van der Waals surface area contributed by atoms with E-state index in [0.29, 0.717) is 17.5 Å². The number of nitrogens with zero attached hydrogens (tertiary/aromatic N) is 4. The van der Waals surface area contributed by atoms with E-state index in [-0.39, 0.29) is 0 Å². The molecule has 4 atom stereocenters. The van der Waals surface area contributed by atoms with Gasteiger partial charge in [-0.05, 0) is 17.7 Å². The number of fused-ring (bicyclic) bond motifs is 2. The summed E-state index contributed by atoms with van der Waals surface area (Å²) in [5.74, 6) is -2.34. The van der Waals surface area contributed by atoms with Crippen molar-refractivity contribution in [3.05, 3.63) is 35.4 Å². The van der Waals surface area contributed by atoms with Gasteiger partial charge in [-0.25, -0.2) is 0 Å². The molecule has 1 aromatic rings. The van der Waals surface area contributed by atoms with Crippen molar-refractivity contribution in [2.24, 2.45) is 16.7 Å². The average molecular weight is 345 g/mol. The Morgan fingerprint density at radius 1 is 1.08 bits per heavy atom. The molecule has 1 aromatic carbocycles. The SMILES string of the molecule is CCC12OC(=N)C(C#N)(C1C)C(C#N)(C#N)C(c1ccc(C#N)cc1)O2. The molecular formula is C19H15N5O2. The van der Waals surface area contributed by atoms with E-state index in [1.54, 1.807) is 38.1 Å². The molecular weight excluding hydrogens is 330 g/mol. The monoisotopic (exact) mass is 345 g/mol. The quantitative estimate of drug-likeness (QED) is 0.874. The molecule has 0 spiro atoms. The fourth-order valence-electron chi connectivity index (χ4n) is 4.08. The summed E-state index contributed by atoms with van der Waals surface area (Å²) in [6, 6.07) is 14.3. The third kappa shape index (κ3) is 1.73. The second-order valence-electron chi connectivity index (χ2n) is 6.50. The van der Waals surface area contributed by atoms with Gasteiger partial charge in [-0.1, -0.05) is 26.0 Å². The van der Waals surface area contributed by atoms with Crippen LogP contribution in [0.15, 0.2) is 24.3 Å². The molecule has 2 bridgehead atoms. The van der Waals surface area contributed by atoms with E-state index >= 15 is 0 Å². The summed E-state index contributed by atoms with van der Waals surface area (Å²) < 4.78 is 11.8. The maximum atomic E-state index is 9.99. The highest BCUT2D eigenvalue weighted by molar-refractivity contribution is 5.89. The predicted molar refractivity (Wildman–Crippen MR) is 87.7 cm³/mol. The van der Waals surface area contributed by atoms with Gasteiger partial charge in [-0.15, -0.1) is 0 Å². The minimum absolute atomic E-state index is 0.347. The third-order valence-corrected chi connectivity index (χ3v) is 5.64. The van der Waals surface area contributed by atoms with Crippen molar-refractivity contribution < 1.29 is 9.47 Å². The number of nitriles is 4. The molecule has 128 valence electrons. The lowest BCUT2D eigenvalue weighted by Gasteiger charge is -2.48. The molecule has 1 N–H and O–H groups in total. The topological polar surface area (TPSA) is 137 Å². The lowest BCUT2D eigenvalue weighted by atomic mass is 9.53. The summed E-state index contributed by atoms with van der Waals surface area (Å²) in [7, 11) is 0. The summed E-state index contributed by atoms with van der Waals surface area (Å²) in [6.07, 6.45) is -0.747. The van der Waals surface area contributed by atoms with Gasteiger partial charge in [0.2, 0.25) is 17.1 Å². The number of hydrogen-bond acceptors (Lipinski definition) is 7. The molecule has 0 radical (unpaired) electrons. The van der Waals surface area contributed by atoms with Crippen LogP contribution in [0.1, 0.15) is 37.5 Å². The molecule has 0 saturated carbocycles. The van der Waals surface area contributed by atoms with Crippen LogP contribution in [0.25, 0.3) is 0 Å². The first-order valence-corrected chi connectivity index (χ1v) is 8.11. The maximum absolute atomic E-state index is 9.99. The van der Waals surface area contributed by atoms with E-state index in [2.05, 4.69) is 6.07 Å². The summed E-state index contributed by atoms with van der Waals surface area (Å²) in [4.78, 5) is 0. The average Bonchev–Trinajstić information content (AvgIpc) is 2.84. The van der Waals surface area contributed by atoms with Gasteiger partial charge in [0.1, 0.15) is 6.10 Å². The van der Waals surface area contributed by atoms with E-state index in [1.807, 2.05) is 18.2 Å². The Hall–Kier alpha value is -3.39. The zero-order valence-corrected chi connectivity index (χ0v) is 14.3. The van der Waals surface area contributed by atoms with Crippen LogP contribution in [-0.4, -0.2) is 11.7 Å². The van der Waals surface area contributed by atoms with E-state index in [4.69, 9.17) is 20.1 Å². The lowest BCUT2D eigenvalue weighted by Crippen LogP contribution is -2.58. The third-order valence-electron chi connectivity index (χ3n) is 5.64. The van der Waals surface area contributed by atoms with Gasteiger partial charge in [0.15, 0.2) is 5.41 Å². The number of benzene rings is 1.